The summed E-state index contributed by atoms with van der Waals surface area (Å²) < 4.78 is 21.4. The fraction of sp³-hybridized carbons (Fsp3) is 0.217. The molecule has 0 atom stereocenters. The van der Waals surface area contributed by atoms with E-state index in [1.807, 2.05) is 12.1 Å². The number of hydrogen-bond acceptors (Lipinski definition) is 6. The van der Waals surface area contributed by atoms with Crippen LogP contribution in [0.2, 0.25) is 5.02 Å². The summed E-state index contributed by atoms with van der Waals surface area (Å²) in [5.74, 6) is 0.341. The zero-order valence-corrected chi connectivity index (χ0v) is 19.1. The monoisotopic (exact) mass is 481 g/mol. The van der Waals surface area contributed by atoms with Crippen LogP contribution in [0.25, 0.3) is 22.6 Å². The number of nitrogens with one attached hydrogen (secondary N) is 1. The number of hydrogen-bond donors (Lipinski definition) is 1. The van der Waals surface area contributed by atoms with Gasteiger partial charge in [0.05, 0.1) is 29.8 Å². The van der Waals surface area contributed by atoms with Crippen LogP contribution in [-0.4, -0.2) is 62.3 Å². The predicted molar refractivity (Wildman–Crippen MR) is 126 cm³/mol. The Bertz CT molecular complexity index is 1390. The topological polar surface area (TPSA) is 92.2 Å². The number of nitrogens with zero attached hydrogens (tertiary/aromatic N) is 6. The molecule has 1 aliphatic heterocycles. The highest BCUT2D eigenvalue weighted by Crippen LogP contribution is 2.33. The molecule has 1 saturated heterocycles. The van der Waals surface area contributed by atoms with E-state index in [0.717, 1.165) is 5.39 Å². The van der Waals surface area contributed by atoms with E-state index in [1.165, 1.54) is 13.2 Å². The normalized spacial score (nSPS) is 14.1. The molecular formula is C23H21ClFN7O2. The van der Waals surface area contributed by atoms with Gasteiger partial charge in [-0.2, -0.15) is 5.10 Å². The van der Waals surface area contributed by atoms with E-state index in [9.17, 15) is 9.18 Å². The molecule has 0 bridgehead atoms. The summed E-state index contributed by atoms with van der Waals surface area (Å²) in [6.07, 6.45) is 5.01. The number of H-pyrrole nitrogens is 1. The highest BCUT2D eigenvalue weighted by molar-refractivity contribution is 6.32. The summed E-state index contributed by atoms with van der Waals surface area (Å²) in [5, 5.41) is 5.58. The molecule has 4 heterocycles. The minimum absolute atomic E-state index is 0.0175. The van der Waals surface area contributed by atoms with Gasteiger partial charge < -0.3 is 19.5 Å². The molecule has 0 aliphatic carbocycles. The van der Waals surface area contributed by atoms with Crippen molar-refractivity contribution in [2.24, 2.45) is 0 Å². The number of carbonyl (C=O) groups excluding carboxylic acids is 1. The first-order valence-corrected chi connectivity index (χ1v) is 10.9. The third-order valence-corrected chi connectivity index (χ3v) is 6.02. The maximum Gasteiger partial charge on any atom is 0.248 e. The Hall–Kier alpha value is -3.92. The van der Waals surface area contributed by atoms with Crippen molar-refractivity contribution in [1.82, 2.24) is 29.6 Å². The van der Waals surface area contributed by atoms with Crippen molar-refractivity contribution in [1.29, 1.82) is 0 Å². The maximum atomic E-state index is 14.6. The van der Waals surface area contributed by atoms with Crippen LogP contribution in [0.3, 0.4) is 0 Å². The van der Waals surface area contributed by atoms with Crippen LogP contribution in [0.4, 0.5) is 10.1 Å². The van der Waals surface area contributed by atoms with Gasteiger partial charge in [0, 0.05) is 43.4 Å². The number of methoxy groups -OCH3 is 1. The summed E-state index contributed by atoms with van der Waals surface area (Å²) in [6.45, 7) is 5.08. The van der Waals surface area contributed by atoms with E-state index in [-0.39, 0.29) is 24.0 Å². The lowest BCUT2D eigenvalue weighted by Crippen LogP contribution is -2.48. The molecule has 0 unspecified atom stereocenters. The Morgan fingerprint density at radius 1 is 1.29 bits per heavy atom. The van der Waals surface area contributed by atoms with Crippen molar-refractivity contribution in [2.45, 2.75) is 6.54 Å². The fourth-order valence-corrected chi connectivity index (χ4v) is 4.32. The first-order chi connectivity index (χ1) is 16.5. The molecule has 0 saturated carbocycles. The highest BCUT2D eigenvalue weighted by Gasteiger charge is 2.28. The number of anilines is 1. The number of benzene rings is 1. The second-order valence-corrected chi connectivity index (χ2v) is 8.20. The van der Waals surface area contributed by atoms with Crippen molar-refractivity contribution in [3.63, 3.8) is 0 Å². The summed E-state index contributed by atoms with van der Waals surface area (Å²) in [7, 11) is 1.48. The van der Waals surface area contributed by atoms with Crippen LogP contribution >= 0.6 is 11.6 Å². The highest BCUT2D eigenvalue weighted by atomic mass is 35.5. The number of amides is 1. The molecule has 5 rings (SSSR count). The molecule has 0 radical (unpaired) electrons. The minimum Gasteiger partial charge on any atom is -0.495 e. The lowest BCUT2D eigenvalue weighted by atomic mass is 10.2. The number of halogens is 2. The van der Waals surface area contributed by atoms with E-state index in [1.54, 1.807) is 39.1 Å². The Labute approximate surface area is 199 Å². The van der Waals surface area contributed by atoms with Crippen LogP contribution in [0, 0.1) is 5.82 Å². The smallest absolute Gasteiger partial charge is 0.248 e. The molecule has 4 aromatic rings. The van der Waals surface area contributed by atoms with Gasteiger partial charge in [0.1, 0.15) is 23.8 Å². The number of piperazine rings is 1. The molecule has 1 fully saturated rings. The predicted octanol–water partition coefficient (Wildman–Crippen LogP) is 3.49. The van der Waals surface area contributed by atoms with Crippen LogP contribution in [0.5, 0.6) is 5.75 Å². The summed E-state index contributed by atoms with van der Waals surface area (Å²) in [6, 6.07) is 6.48. The third-order valence-electron chi connectivity index (χ3n) is 5.73. The quantitative estimate of drug-likeness (QED) is 0.469. The molecule has 11 heteroatoms. The Morgan fingerprint density at radius 2 is 2.15 bits per heavy atom. The average Bonchev–Trinajstić information content (AvgIpc) is 3.48. The number of imidazole rings is 1. The number of ether oxygens (including phenoxy) is 1. The van der Waals surface area contributed by atoms with Gasteiger partial charge in [0.15, 0.2) is 11.5 Å². The van der Waals surface area contributed by atoms with Gasteiger partial charge in [-0.3, -0.25) is 4.79 Å². The second-order valence-electron chi connectivity index (χ2n) is 7.79. The number of rotatable bonds is 5. The third kappa shape index (κ3) is 3.86. The Balaban J connectivity index is 1.35. The SMILES string of the molecule is C=C1CN(c2cc(OC)c(Cl)cc2F)CCN1C(=O)Cn1nc(-c2ncc[nH]2)c2cccnc21. The second kappa shape index (κ2) is 8.79. The van der Waals surface area contributed by atoms with Gasteiger partial charge >= 0.3 is 0 Å². The van der Waals surface area contributed by atoms with E-state index in [0.29, 0.717) is 47.4 Å². The zero-order chi connectivity index (χ0) is 23.8. The van der Waals surface area contributed by atoms with E-state index in [4.69, 9.17) is 16.3 Å². The first kappa shape index (κ1) is 21.9. The largest absolute Gasteiger partial charge is 0.495 e. The van der Waals surface area contributed by atoms with Crippen LogP contribution < -0.4 is 9.64 Å². The minimum atomic E-state index is -0.460. The molecule has 1 aliphatic rings. The summed E-state index contributed by atoms with van der Waals surface area (Å²) in [4.78, 5) is 28.3. The standard InChI is InChI=1S/C23H21ClFN7O2/c1-14-12-30(18-11-19(34-2)16(24)10-17(18)25)8-9-31(14)20(33)13-32-23-15(4-3-5-28-23)21(29-32)22-26-6-7-27-22/h3-7,10-11H,1,8-9,12-13H2,2H3,(H,26,27). The van der Waals surface area contributed by atoms with Gasteiger partial charge in [-0.05, 0) is 18.2 Å². The van der Waals surface area contributed by atoms with E-state index in [2.05, 4.69) is 26.6 Å². The molecule has 1 amide bonds. The van der Waals surface area contributed by atoms with Gasteiger partial charge in [-0.1, -0.05) is 18.2 Å². The molecule has 9 nitrogen and oxygen atoms in total. The molecule has 1 N–H and O–H groups in total. The average molecular weight is 482 g/mol. The van der Waals surface area contributed by atoms with Crippen LogP contribution in [-0.2, 0) is 11.3 Å². The van der Waals surface area contributed by atoms with Gasteiger partial charge in [-0.15, -0.1) is 0 Å². The van der Waals surface area contributed by atoms with Crippen molar-refractivity contribution in [3.05, 3.63) is 66.0 Å². The number of pyridine rings is 1. The number of fused-ring (bicyclic) bond motifs is 1. The summed E-state index contributed by atoms with van der Waals surface area (Å²) in [5.41, 5.74) is 2.11. The van der Waals surface area contributed by atoms with Gasteiger partial charge in [-0.25, -0.2) is 19.0 Å². The molecule has 174 valence electrons. The maximum absolute atomic E-state index is 14.6. The Morgan fingerprint density at radius 3 is 2.88 bits per heavy atom. The van der Waals surface area contributed by atoms with E-state index >= 15 is 0 Å². The van der Waals surface area contributed by atoms with E-state index < -0.39 is 5.82 Å². The fourth-order valence-electron chi connectivity index (χ4n) is 4.09. The van der Waals surface area contributed by atoms with Gasteiger partial charge in [0.2, 0.25) is 5.91 Å². The van der Waals surface area contributed by atoms with Crippen LogP contribution in [0.15, 0.2) is 55.1 Å². The lowest BCUT2D eigenvalue weighted by Gasteiger charge is -2.37. The Kier molecular flexibility index (Phi) is 5.66. The van der Waals surface area contributed by atoms with Crippen molar-refractivity contribution >= 4 is 34.2 Å². The number of aromatic nitrogens is 5. The number of carbonyl (C=O) groups is 1. The van der Waals surface area contributed by atoms with Crippen molar-refractivity contribution < 1.29 is 13.9 Å². The molecular weight excluding hydrogens is 461 g/mol. The van der Waals surface area contributed by atoms with Crippen LogP contribution in [0.1, 0.15) is 0 Å². The zero-order valence-electron chi connectivity index (χ0n) is 18.3. The number of aromatic amines is 1. The molecule has 0 spiro atoms. The van der Waals surface area contributed by atoms with Crippen molar-refractivity contribution in [2.75, 3.05) is 31.6 Å². The molecule has 1 aromatic carbocycles. The summed E-state index contributed by atoms with van der Waals surface area (Å²) >= 11 is 6.01. The van der Waals surface area contributed by atoms with Crippen molar-refractivity contribution in [3.8, 4) is 17.3 Å². The first-order valence-electron chi connectivity index (χ1n) is 10.5. The molecule has 34 heavy (non-hydrogen) atoms. The molecule has 3 aromatic heterocycles. The lowest BCUT2D eigenvalue weighted by molar-refractivity contribution is -0.130. The van der Waals surface area contributed by atoms with Gasteiger partial charge in [0.25, 0.3) is 0 Å².